The van der Waals surface area contributed by atoms with Gasteiger partial charge >= 0.3 is 5.97 Å². The van der Waals surface area contributed by atoms with Crippen LogP contribution < -0.4 is 5.32 Å². The molecule has 2 rings (SSSR count). The molecule has 1 aliphatic carbocycles. The molecule has 1 aromatic heterocycles. The lowest BCUT2D eigenvalue weighted by Gasteiger charge is -2.09. The van der Waals surface area contributed by atoms with Gasteiger partial charge in [0.1, 0.15) is 6.04 Å². The van der Waals surface area contributed by atoms with Crippen LogP contribution in [0.3, 0.4) is 0 Å². The van der Waals surface area contributed by atoms with Crippen molar-refractivity contribution in [1.82, 2.24) is 4.98 Å². The average molecular weight is 258 g/mol. The molecule has 0 aliphatic heterocycles. The quantitative estimate of drug-likeness (QED) is 0.721. The monoisotopic (exact) mass is 258 g/mol. The number of aromatic nitrogens is 1. The Morgan fingerprint density at radius 1 is 1.56 bits per heavy atom. The second-order valence-electron chi connectivity index (χ2n) is 3.81. The number of rotatable bonds is 4. The van der Waals surface area contributed by atoms with Crippen molar-refractivity contribution in [3.05, 3.63) is 10.6 Å². The fourth-order valence-corrected chi connectivity index (χ4v) is 3.10. The lowest BCUT2D eigenvalue weighted by atomic mass is 10.0. The van der Waals surface area contributed by atoms with Crippen LogP contribution in [0.1, 0.15) is 23.4 Å². The SMILES string of the molecule is O=C(O)[C@H](CS)Nc1nc2c(s1)CCCC2. The van der Waals surface area contributed by atoms with Crippen LogP contribution in [0.4, 0.5) is 5.13 Å². The van der Waals surface area contributed by atoms with Gasteiger partial charge in [-0.05, 0) is 25.7 Å². The Balaban J connectivity index is 2.09. The molecular formula is C10H14N2O2S2. The Bertz CT molecular complexity index is 369. The van der Waals surface area contributed by atoms with Crippen LogP contribution in [0.5, 0.6) is 0 Å². The van der Waals surface area contributed by atoms with Gasteiger partial charge in [0, 0.05) is 10.6 Å². The second kappa shape index (κ2) is 5.05. The maximum absolute atomic E-state index is 10.8. The Kier molecular flexibility index (Phi) is 3.70. The van der Waals surface area contributed by atoms with E-state index in [9.17, 15) is 4.79 Å². The molecule has 2 N–H and O–H groups in total. The molecule has 1 heterocycles. The lowest BCUT2D eigenvalue weighted by Crippen LogP contribution is -2.30. The number of hydrogen-bond acceptors (Lipinski definition) is 5. The smallest absolute Gasteiger partial charge is 0.327 e. The number of carboxylic acid groups (broad SMARTS) is 1. The zero-order chi connectivity index (χ0) is 11.5. The summed E-state index contributed by atoms with van der Waals surface area (Å²) >= 11 is 5.59. The number of anilines is 1. The molecule has 0 aromatic carbocycles. The molecule has 0 spiro atoms. The van der Waals surface area contributed by atoms with Gasteiger partial charge < -0.3 is 10.4 Å². The minimum atomic E-state index is -0.886. The number of carbonyl (C=O) groups is 1. The van der Waals surface area contributed by atoms with Gasteiger partial charge in [-0.3, -0.25) is 0 Å². The molecule has 4 nitrogen and oxygen atoms in total. The molecule has 0 radical (unpaired) electrons. The molecule has 1 atom stereocenters. The summed E-state index contributed by atoms with van der Waals surface area (Å²) in [6.45, 7) is 0. The molecule has 0 bridgehead atoms. The van der Waals surface area contributed by atoms with Crippen molar-refractivity contribution in [3.8, 4) is 0 Å². The summed E-state index contributed by atoms with van der Waals surface area (Å²) in [5.74, 6) is -0.622. The van der Waals surface area contributed by atoms with E-state index >= 15 is 0 Å². The fourth-order valence-electron chi connectivity index (χ4n) is 1.75. The van der Waals surface area contributed by atoms with Gasteiger partial charge in [-0.2, -0.15) is 12.6 Å². The van der Waals surface area contributed by atoms with Crippen LogP contribution in [0.15, 0.2) is 0 Å². The number of thiazole rings is 1. The van der Waals surface area contributed by atoms with Gasteiger partial charge in [0.2, 0.25) is 0 Å². The van der Waals surface area contributed by atoms with Crippen molar-refractivity contribution in [2.75, 3.05) is 11.1 Å². The zero-order valence-electron chi connectivity index (χ0n) is 8.77. The van der Waals surface area contributed by atoms with E-state index in [2.05, 4.69) is 22.9 Å². The van der Waals surface area contributed by atoms with Crippen molar-refractivity contribution in [2.24, 2.45) is 0 Å². The molecule has 16 heavy (non-hydrogen) atoms. The van der Waals surface area contributed by atoms with E-state index in [4.69, 9.17) is 5.11 Å². The summed E-state index contributed by atoms with van der Waals surface area (Å²) in [6, 6.07) is -0.657. The number of nitrogens with zero attached hydrogens (tertiary/aromatic N) is 1. The topological polar surface area (TPSA) is 62.2 Å². The number of aliphatic carboxylic acids is 1. The van der Waals surface area contributed by atoms with E-state index in [1.807, 2.05) is 0 Å². The summed E-state index contributed by atoms with van der Waals surface area (Å²) in [5, 5.41) is 12.5. The standard InChI is InChI=1S/C10H14N2O2S2/c13-9(14)7(5-15)12-10-11-6-3-1-2-4-8(6)16-10/h7,15H,1-5H2,(H,11,12)(H,13,14)/t7-/m0/s1. The van der Waals surface area contributed by atoms with Crippen molar-refractivity contribution >= 4 is 35.1 Å². The van der Waals surface area contributed by atoms with Gasteiger partial charge in [0.15, 0.2) is 5.13 Å². The van der Waals surface area contributed by atoms with E-state index in [0.717, 1.165) is 18.5 Å². The van der Waals surface area contributed by atoms with Crippen LogP contribution in [0, 0.1) is 0 Å². The third kappa shape index (κ3) is 2.49. The Morgan fingerprint density at radius 3 is 2.94 bits per heavy atom. The number of aryl methyl sites for hydroxylation is 2. The predicted octanol–water partition coefficient (Wildman–Crippen LogP) is 1.82. The predicted molar refractivity (Wildman–Crippen MR) is 67.7 cm³/mol. The first-order valence-corrected chi connectivity index (χ1v) is 6.74. The molecule has 6 heteroatoms. The minimum Gasteiger partial charge on any atom is -0.480 e. The maximum atomic E-state index is 10.8. The number of nitrogens with one attached hydrogen (secondary N) is 1. The largest absolute Gasteiger partial charge is 0.480 e. The fraction of sp³-hybridized carbons (Fsp3) is 0.600. The third-order valence-electron chi connectivity index (χ3n) is 2.62. The normalized spacial score (nSPS) is 16.6. The number of fused-ring (bicyclic) bond motifs is 1. The summed E-state index contributed by atoms with van der Waals surface area (Å²) in [6.07, 6.45) is 4.49. The van der Waals surface area contributed by atoms with E-state index < -0.39 is 12.0 Å². The first-order valence-electron chi connectivity index (χ1n) is 5.29. The Labute approximate surface area is 104 Å². The van der Waals surface area contributed by atoms with E-state index in [1.54, 1.807) is 11.3 Å². The zero-order valence-corrected chi connectivity index (χ0v) is 10.5. The van der Waals surface area contributed by atoms with Gasteiger partial charge in [0.25, 0.3) is 0 Å². The van der Waals surface area contributed by atoms with Crippen molar-refractivity contribution in [2.45, 2.75) is 31.7 Å². The first kappa shape index (κ1) is 11.7. The van der Waals surface area contributed by atoms with Crippen LogP contribution in [0.25, 0.3) is 0 Å². The highest BCUT2D eigenvalue weighted by atomic mass is 32.1. The first-order chi connectivity index (χ1) is 7.70. The molecule has 88 valence electrons. The highest BCUT2D eigenvalue weighted by Gasteiger charge is 2.19. The van der Waals surface area contributed by atoms with Gasteiger partial charge in [-0.25, -0.2) is 9.78 Å². The summed E-state index contributed by atoms with van der Waals surface area (Å²) in [5.41, 5.74) is 1.14. The van der Waals surface area contributed by atoms with Crippen LogP contribution in [-0.2, 0) is 17.6 Å². The van der Waals surface area contributed by atoms with Crippen LogP contribution in [-0.4, -0.2) is 27.9 Å². The van der Waals surface area contributed by atoms with Crippen LogP contribution >= 0.6 is 24.0 Å². The molecule has 1 aromatic rings. The van der Waals surface area contributed by atoms with Crippen LogP contribution in [0.2, 0.25) is 0 Å². The number of carboxylic acids is 1. The molecule has 0 amide bonds. The highest BCUT2D eigenvalue weighted by molar-refractivity contribution is 7.80. The Morgan fingerprint density at radius 2 is 2.31 bits per heavy atom. The summed E-state index contributed by atoms with van der Waals surface area (Å²) < 4.78 is 0. The molecule has 0 unspecified atom stereocenters. The van der Waals surface area contributed by atoms with E-state index in [0.29, 0.717) is 5.13 Å². The maximum Gasteiger partial charge on any atom is 0.327 e. The van der Waals surface area contributed by atoms with Gasteiger partial charge in [-0.1, -0.05) is 0 Å². The number of thiol groups is 1. The van der Waals surface area contributed by atoms with E-state index in [-0.39, 0.29) is 5.75 Å². The average Bonchev–Trinajstić information content (AvgIpc) is 2.67. The molecule has 1 aliphatic rings. The van der Waals surface area contributed by atoms with Gasteiger partial charge in [-0.15, -0.1) is 11.3 Å². The minimum absolute atomic E-state index is 0.263. The Hall–Kier alpha value is -0.750. The molecule has 0 fully saturated rings. The van der Waals surface area contributed by atoms with Crippen molar-refractivity contribution in [1.29, 1.82) is 0 Å². The molecular weight excluding hydrogens is 244 g/mol. The van der Waals surface area contributed by atoms with E-state index in [1.165, 1.54) is 17.7 Å². The lowest BCUT2D eigenvalue weighted by molar-refractivity contribution is -0.137. The summed E-state index contributed by atoms with van der Waals surface area (Å²) in [4.78, 5) is 16.6. The molecule has 0 saturated carbocycles. The second-order valence-corrected chi connectivity index (χ2v) is 5.26. The third-order valence-corrected chi connectivity index (χ3v) is 4.08. The van der Waals surface area contributed by atoms with Crippen molar-refractivity contribution in [3.63, 3.8) is 0 Å². The number of hydrogen-bond donors (Lipinski definition) is 3. The molecule has 0 saturated heterocycles. The van der Waals surface area contributed by atoms with Gasteiger partial charge in [0.05, 0.1) is 5.69 Å². The highest BCUT2D eigenvalue weighted by Crippen LogP contribution is 2.29. The van der Waals surface area contributed by atoms with Crippen molar-refractivity contribution < 1.29 is 9.90 Å². The summed E-state index contributed by atoms with van der Waals surface area (Å²) in [7, 11) is 0.